The normalized spacial score (nSPS) is 10.4. The first-order chi connectivity index (χ1) is 6.49. The molecular weight excluding hydrogens is 220 g/mol. The molecule has 4 heteroatoms. The van der Waals surface area contributed by atoms with Crippen molar-refractivity contribution in [3.8, 4) is 11.2 Å². The monoisotopic (exact) mass is 228 g/mol. The number of aryl methyl sites for hydroxylation is 1. The largest absolute Gasteiger partial charge is 0.300 e. The van der Waals surface area contributed by atoms with Gasteiger partial charge in [-0.15, -0.1) is 0 Å². The fourth-order valence-electron chi connectivity index (χ4n) is 1.03. The summed E-state index contributed by atoms with van der Waals surface area (Å²) >= 11 is 0. The summed E-state index contributed by atoms with van der Waals surface area (Å²) in [5, 5.41) is 1.99. The van der Waals surface area contributed by atoms with Gasteiger partial charge in [0.05, 0.1) is 0 Å². The molecule has 2 nitrogen and oxygen atoms in total. The van der Waals surface area contributed by atoms with Gasteiger partial charge < -0.3 is 0 Å². The fraction of sp³-hybridized carbons (Fsp3) is 0.200. The minimum atomic E-state index is -3.70. The van der Waals surface area contributed by atoms with Gasteiger partial charge >= 0.3 is 9.05 Å². The smallest absolute Gasteiger partial charge is 0.198 e. The van der Waals surface area contributed by atoms with Crippen LogP contribution in [-0.4, -0.2) is 8.42 Å². The number of hydrogen-bond acceptors (Lipinski definition) is 2. The second kappa shape index (κ2) is 4.50. The molecule has 0 aliphatic rings. The van der Waals surface area contributed by atoms with E-state index in [1.807, 2.05) is 36.4 Å². The van der Waals surface area contributed by atoms with Crippen LogP contribution in [0.15, 0.2) is 24.3 Å². The summed E-state index contributed by atoms with van der Waals surface area (Å²) in [6, 6.07) is 7.67. The van der Waals surface area contributed by atoms with Crippen LogP contribution < -0.4 is 0 Å². The molecule has 0 N–H and O–H groups in total. The Morgan fingerprint density at radius 1 is 1.36 bits per heavy atom. The molecule has 14 heavy (non-hydrogen) atoms. The Morgan fingerprint density at radius 2 is 2.00 bits per heavy atom. The minimum absolute atomic E-state index is 0.401. The predicted molar refractivity (Wildman–Crippen MR) is 57.4 cm³/mol. The molecule has 0 fully saturated rings. The molecule has 1 rings (SSSR count). The third-order valence-electron chi connectivity index (χ3n) is 1.73. The van der Waals surface area contributed by atoms with Crippen LogP contribution in [0.25, 0.3) is 0 Å². The molecule has 0 aliphatic heterocycles. The third kappa shape index (κ3) is 3.82. The predicted octanol–water partition coefficient (Wildman–Crippen LogP) is 2.07. The van der Waals surface area contributed by atoms with Crippen molar-refractivity contribution in [3.63, 3.8) is 0 Å². The third-order valence-corrected chi connectivity index (χ3v) is 2.35. The molecule has 0 amide bonds. The van der Waals surface area contributed by atoms with Crippen molar-refractivity contribution < 1.29 is 8.42 Å². The van der Waals surface area contributed by atoms with E-state index in [0.29, 0.717) is 6.42 Å². The van der Waals surface area contributed by atoms with Gasteiger partial charge in [0.2, 0.25) is 0 Å². The van der Waals surface area contributed by atoms with E-state index < -0.39 is 9.05 Å². The van der Waals surface area contributed by atoms with Crippen LogP contribution in [-0.2, 0) is 15.5 Å². The lowest BCUT2D eigenvalue weighted by atomic mass is 10.1. The number of halogens is 1. The highest BCUT2D eigenvalue weighted by Gasteiger charge is 1.96. The summed E-state index contributed by atoms with van der Waals surface area (Å²) in [6.45, 7) is 1.95. The molecule has 74 valence electrons. The van der Waals surface area contributed by atoms with Crippen molar-refractivity contribution >= 4 is 19.7 Å². The van der Waals surface area contributed by atoms with E-state index in [0.717, 1.165) is 11.1 Å². The maximum atomic E-state index is 10.5. The molecule has 0 saturated carbocycles. The fourth-order valence-corrected chi connectivity index (χ4v) is 1.43. The van der Waals surface area contributed by atoms with E-state index in [1.54, 1.807) is 0 Å². The van der Waals surface area contributed by atoms with Crippen LogP contribution in [0.1, 0.15) is 11.1 Å². The quantitative estimate of drug-likeness (QED) is 0.545. The van der Waals surface area contributed by atoms with Gasteiger partial charge in [0.25, 0.3) is 0 Å². The van der Waals surface area contributed by atoms with Gasteiger partial charge in [0.1, 0.15) is 0 Å². The lowest BCUT2D eigenvalue weighted by Gasteiger charge is -1.98. The zero-order chi connectivity index (χ0) is 10.6. The molecule has 1 aromatic rings. The van der Waals surface area contributed by atoms with Gasteiger partial charge in [-0.3, -0.25) is 0 Å². The van der Waals surface area contributed by atoms with Crippen molar-refractivity contribution in [2.45, 2.75) is 13.3 Å². The molecule has 0 spiro atoms. The molecule has 0 saturated heterocycles. The number of rotatable bonds is 1. The molecule has 1 aromatic carbocycles. The Morgan fingerprint density at radius 3 is 2.57 bits per heavy atom. The Bertz CT molecular complexity index is 480. The highest BCUT2D eigenvalue weighted by Crippen LogP contribution is 2.06. The van der Waals surface area contributed by atoms with Crippen molar-refractivity contribution in [2.75, 3.05) is 0 Å². The van der Waals surface area contributed by atoms with Crippen LogP contribution in [0.3, 0.4) is 0 Å². The first kappa shape index (κ1) is 11.1. The Kier molecular flexibility index (Phi) is 3.56. The molecule has 0 bridgehead atoms. The summed E-state index contributed by atoms with van der Waals surface area (Å²) in [7, 11) is 1.24. The Labute approximate surface area is 88.3 Å². The van der Waals surface area contributed by atoms with Gasteiger partial charge in [-0.25, -0.2) is 0 Å². The van der Waals surface area contributed by atoms with Gasteiger partial charge in [0, 0.05) is 22.4 Å². The summed E-state index contributed by atoms with van der Waals surface area (Å²) in [6.07, 6.45) is 0.401. The summed E-state index contributed by atoms with van der Waals surface area (Å²) in [4.78, 5) is 0. The van der Waals surface area contributed by atoms with E-state index in [1.165, 1.54) is 0 Å². The highest BCUT2D eigenvalue weighted by atomic mass is 35.7. The van der Waals surface area contributed by atoms with E-state index in [-0.39, 0.29) is 0 Å². The van der Waals surface area contributed by atoms with E-state index >= 15 is 0 Å². The lowest BCUT2D eigenvalue weighted by Crippen LogP contribution is -1.87. The van der Waals surface area contributed by atoms with Crippen molar-refractivity contribution in [3.05, 3.63) is 35.4 Å². The first-order valence-electron chi connectivity index (χ1n) is 3.98. The van der Waals surface area contributed by atoms with Crippen LogP contribution in [0.4, 0.5) is 0 Å². The number of hydrogen-bond donors (Lipinski definition) is 0. The standard InChI is InChI=1S/C10H9ClO2S/c1-9-5-2-3-6-10(9)7-4-8-14(11,12)13/h2-3,5-6H,7H2,1H3. The second-order valence-corrected chi connectivity index (χ2v) is 5.12. The summed E-state index contributed by atoms with van der Waals surface area (Å²) < 4.78 is 21.0. The minimum Gasteiger partial charge on any atom is -0.198 e. The van der Waals surface area contributed by atoms with Crippen LogP contribution in [0.2, 0.25) is 0 Å². The van der Waals surface area contributed by atoms with Crippen LogP contribution >= 0.6 is 10.7 Å². The zero-order valence-electron chi connectivity index (χ0n) is 7.62. The van der Waals surface area contributed by atoms with E-state index in [9.17, 15) is 8.42 Å². The topological polar surface area (TPSA) is 34.1 Å². The van der Waals surface area contributed by atoms with Gasteiger partial charge in [-0.05, 0) is 18.1 Å². The molecule has 0 unspecified atom stereocenters. The molecule has 0 atom stereocenters. The summed E-state index contributed by atoms with van der Waals surface area (Å²) in [5.41, 5.74) is 2.11. The SMILES string of the molecule is Cc1ccccc1CC#CS(=O)(=O)Cl. The van der Waals surface area contributed by atoms with Gasteiger partial charge in [-0.1, -0.05) is 30.2 Å². The molecule has 0 radical (unpaired) electrons. The zero-order valence-corrected chi connectivity index (χ0v) is 9.19. The van der Waals surface area contributed by atoms with Crippen molar-refractivity contribution in [1.82, 2.24) is 0 Å². The van der Waals surface area contributed by atoms with Crippen molar-refractivity contribution in [1.29, 1.82) is 0 Å². The van der Waals surface area contributed by atoms with Crippen LogP contribution in [0.5, 0.6) is 0 Å². The highest BCUT2D eigenvalue weighted by molar-refractivity contribution is 8.17. The maximum Gasteiger partial charge on any atom is 0.300 e. The van der Waals surface area contributed by atoms with Crippen molar-refractivity contribution in [2.24, 2.45) is 0 Å². The first-order valence-corrected chi connectivity index (χ1v) is 6.29. The van der Waals surface area contributed by atoms with Gasteiger partial charge in [-0.2, -0.15) is 8.42 Å². The maximum absolute atomic E-state index is 10.5. The molecule has 0 aliphatic carbocycles. The Balaban J connectivity index is 2.80. The summed E-state index contributed by atoms with van der Waals surface area (Å²) in [5.74, 6) is 2.51. The average molecular weight is 229 g/mol. The second-order valence-electron chi connectivity index (χ2n) is 2.82. The molecule has 0 aromatic heterocycles. The van der Waals surface area contributed by atoms with Crippen LogP contribution in [0, 0.1) is 18.1 Å². The number of benzene rings is 1. The lowest BCUT2D eigenvalue weighted by molar-refractivity contribution is 0.618. The average Bonchev–Trinajstić information content (AvgIpc) is 2.06. The Hall–Kier alpha value is -0.980. The van der Waals surface area contributed by atoms with E-state index in [4.69, 9.17) is 10.7 Å². The molecule has 0 heterocycles. The van der Waals surface area contributed by atoms with Gasteiger partial charge in [0.15, 0.2) is 0 Å². The van der Waals surface area contributed by atoms with E-state index in [2.05, 4.69) is 5.92 Å². The molecular formula is C10H9ClO2S.